The zero-order valence-corrected chi connectivity index (χ0v) is 13.1. The van der Waals surface area contributed by atoms with Crippen LogP contribution in [0.2, 0.25) is 0 Å². The van der Waals surface area contributed by atoms with Crippen LogP contribution >= 0.6 is 0 Å². The maximum Gasteiger partial charge on any atom is 0.335 e. The first-order valence-electron chi connectivity index (χ1n) is 6.79. The second-order valence-corrected chi connectivity index (χ2v) is 6.48. The Balaban J connectivity index is 2.41. The van der Waals surface area contributed by atoms with Gasteiger partial charge in [-0.1, -0.05) is 12.1 Å². The first kappa shape index (κ1) is 18.1. The van der Waals surface area contributed by atoms with E-state index < -0.39 is 22.0 Å². The van der Waals surface area contributed by atoms with Gasteiger partial charge in [0.2, 0.25) is 10.0 Å². The Hall–Kier alpha value is -1.93. The Labute approximate surface area is 129 Å². The summed E-state index contributed by atoms with van der Waals surface area (Å²) in [5.74, 6) is -1.62. The molecule has 0 aliphatic heterocycles. The van der Waals surface area contributed by atoms with Gasteiger partial charge in [-0.05, 0) is 31.0 Å². The maximum absolute atomic E-state index is 11.8. The topological polar surface area (TPSA) is 110 Å². The third-order valence-electron chi connectivity index (χ3n) is 2.80. The molecular formula is C14H19NO6S. The summed E-state index contributed by atoms with van der Waals surface area (Å²) >= 11 is 0. The summed E-state index contributed by atoms with van der Waals surface area (Å²) in [5, 5.41) is 8.77. The number of carboxylic acids is 1. The molecule has 0 atom stereocenters. The second-order valence-electron chi connectivity index (χ2n) is 4.55. The summed E-state index contributed by atoms with van der Waals surface area (Å²) in [5.41, 5.74) is 0.792. The summed E-state index contributed by atoms with van der Waals surface area (Å²) < 4.78 is 30.6. The Kier molecular flexibility index (Phi) is 7.00. The molecular weight excluding hydrogens is 310 g/mol. The average Bonchev–Trinajstić information content (AvgIpc) is 2.46. The van der Waals surface area contributed by atoms with E-state index >= 15 is 0 Å². The Morgan fingerprint density at radius 1 is 1.23 bits per heavy atom. The summed E-state index contributed by atoms with van der Waals surface area (Å²) in [7, 11) is -3.49. The molecule has 2 N–H and O–H groups in total. The number of hydrogen-bond donors (Lipinski definition) is 2. The number of sulfonamides is 1. The molecule has 122 valence electrons. The number of esters is 1. The van der Waals surface area contributed by atoms with Crippen LogP contribution in [0.5, 0.6) is 0 Å². The van der Waals surface area contributed by atoms with Crippen molar-refractivity contribution in [3.63, 3.8) is 0 Å². The first-order valence-corrected chi connectivity index (χ1v) is 8.44. The molecule has 1 aromatic carbocycles. The van der Waals surface area contributed by atoms with Crippen molar-refractivity contribution >= 4 is 22.0 Å². The molecule has 22 heavy (non-hydrogen) atoms. The molecule has 8 heteroatoms. The molecule has 1 aromatic rings. The number of benzene rings is 1. The summed E-state index contributed by atoms with van der Waals surface area (Å²) in [6.45, 7) is 2.03. The van der Waals surface area contributed by atoms with Gasteiger partial charge in [-0.25, -0.2) is 17.9 Å². The van der Waals surface area contributed by atoms with E-state index in [2.05, 4.69) is 4.72 Å². The van der Waals surface area contributed by atoms with Gasteiger partial charge in [-0.3, -0.25) is 4.79 Å². The van der Waals surface area contributed by atoms with E-state index in [0.717, 1.165) is 0 Å². The second kappa shape index (κ2) is 8.50. The molecule has 1 rings (SSSR count). The molecule has 0 aliphatic carbocycles. The SMILES string of the molecule is CCOC(=O)CCCS(=O)(=O)NCc1ccc(C(=O)O)cc1. The minimum absolute atomic E-state index is 0.0576. The van der Waals surface area contributed by atoms with E-state index in [0.29, 0.717) is 5.56 Å². The lowest BCUT2D eigenvalue weighted by molar-refractivity contribution is -0.143. The van der Waals surface area contributed by atoms with E-state index in [1.165, 1.54) is 12.1 Å². The van der Waals surface area contributed by atoms with Crippen LogP contribution in [-0.4, -0.2) is 37.8 Å². The van der Waals surface area contributed by atoms with Crippen LogP contribution in [0.15, 0.2) is 24.3 Å². The van der Waals surface area contributed by atoms with Crippen LogP contribution in [0.1, 0.15) is 35.7 Å². The van der Waals surface area contributed by atoms with Gasteiger partial charge in [0.1, 0.15) is 0 Å². The van der Waals surface area contributed by atoms with Gasteiger partial charge < -0.3 is 9.84 Å². The largest absolute Gasteiger partial charge is 0.478 e. The van der Waals surface area contributed by atoms with Crippen LogP contribution in [0, 0.1) is 0 Å². The van der Waals surface area contributed by atoms with Crippen LogP contribution < -0.4 is 4.72 Å². The lowest BCUT2D eigenvalue weighted by Crippen LogP contribution is -2.26. The fraction of sp³-hybridized carbons (Fsp3) is 0.429. The molecule has 0 fully saturated rings. The van der Waals surface area contributed by atoms with Gasteiger partial charge in [-0.2, -0.15) is 0 Å². The van der Waals surface area contributed by atoms with Gasteiger partial charge in [0.15, 0.2) is 0 Å². The molecule has 0 amide bonds. The van der Waals surface area contributed by atoms with Crippen molar-refractivity contribution in [2.24, 2.45) is 0 Å². The summed E-state index contributed by atoms with van der Waals surface area (Å²) in [6.07, 6.45) is 0.244. The van der Waals surface area contributed by atoms with E-state index in [9.17, 15) is 18.0 Å². The number of aromatic carboxylic acids is 1. The summed E-state index contributed by atoms with van der Waals surface area (Å²) in [6, 6.07) is 5.91. The molecule has 0 heterocycles. The van der Waals surface area contributed by atoms with Crippen LogP contribution in [0.4, 0.5) is 0 Å². The molecule has 0 aliphatic rings. The third kappa shape index (κ3) is 6.68. The third-order valence-corrected chi connectivity index (χ3v) is 4.21. The molecule has 0 saturated carbocycles. The minimum Gasteiger partial charge on any atom is -0.478 e. The minimum atomic E-state index is -3.49. The zero-order valence-electron chi connectivity index (χ0n) is 12.2. The maximum atomic E-state index is 11.8. The normalized spacial score (nSPS) is 11.1. The molecule has 0 bridgehead atoms. The van der Waals surface area contributed by atoms with Gasteiger partial charge in [-0.15, -0.1) is 0 Å². The van der Waals surface area contributed by atoms with Crippen molar-refractivity contribution in [2.45, 2.75) is 26.3 Å². The highest BCUT2D eigenvalue weighted by atomic mass is 32.2. The molecule has 0 radical (unpaired) electrons. The standard InChI is InChI=1S/C14H19NO6S/c1-2-21-13(16)4-3-9-22(19,20)15-10-11-5-7-12(8-6-11)14(17)18/h5-8,15H,2-4,9-10H2,1H3,(H,17,18). The van der Waals surface area contributed by atoms with E-state index in [-0.39, 0.29) is 37.3 Å². The number of carbonyl (C=O) groups excluding carboxylic acids is 1. The predicted octanol–water partition coefficient (Wildman–Crippen LogP) is 1.15. The predicted molar refractivity (Wildman–Crippen MR) is 79.9 cm³/mol. The van der Waals surface area contributed by atoms with Gasteiger partial charge in [0, 0.05) is 13.0 Å². The average molecular weight is 329 g/mol. The number of ether oxygens (including phenoxy) is 1. The monoisotopic (exact) mass is 329 g/mol. The zero-order chi connectivity index (χ0) is 16.6. The van der Waals surface area contributed by atoms with Crippen LogP contribution in [0.3, 0.4) is 0 Å². The van der Waals surface area contributed by atoms with Crippen molar-refractivity contribution < 1.29 is 27.9 Å². The molecule has 0 saturated heterocycles. The van der Waals surface area contributed by atoms with Crippen molar-refractivity contribution in [3.8, 4) is 0 Å². The molecule has 0 aromatic heterocycles. The number of carboxylic acid groups (broad SMARTS) is 1. The molecule has 0 unspecified atom stereocenters. The number of rotatable bonds is 9. The van der Waals surface area contributed by atoms with Gasteiger partial charge in [0.25, 0.3) is 0 Å². The van der Waals surface area contributed by atoms with Gasteiger partial charge >= 0.3 is 11.9 Å². The Bertz CT molecular complexity index is 609. The smallest absolute Gasteiger partial charge is 0.335 e. The number of carbonyl (C=O) groups is 2. The lowest BCUT2D eigenvalue weighted by atomic mass is 10.1. The molecule has 0 spiro atoms. The van der Waals surface area contributed by atoms with E-state index in [4.69, 9.17) is 9.84 Å². The van der Waals surface area contributed by atoms with Crippen molar-refractivity contribution in [3.05, 3.63) is 35.4 Å². The van der Waals surface area contributed by atoms with E-state index in [1.54, 1.807) is 19.1 Å². The highest BCUT2D eigenvalue weighted by Crippen LogP contribution is 2.05. The fourth-order valence-electron chi connectivity index (χ4n) is 1.67. The van der Waals surface area contributed by atoms with Crippen LogP contribution in [0.25, 0.3) is 0 Å². The number of nitrogens with one attached hydrogen (secondary N) is 1. The molecule has 7 nitrogen and oxygen atoms in total. The van der Waals surface area contributed by atoms with Gasteiger partial charge in [0.05, 0.1) is 17.9 Å². The van der Waals surface area contributed by atoms with Crippen molar-refractivity contribution in [2.75, 3.05) is 12.4 Å². The quantitative estimate of drug-likeness (QED) is 0.658. The fourth-order valence-corrected chi connectivity index (χ4v) is 2.73. The number of hydrogen-bond acceptors (Lipinski definition) is 5. The van der Waals surface area contributed by atoms with Crippen LogP contribution in [-0.2, 0) is 26.1 Å². The first-order chi connectivity index (χ1) is 10.3. The lowest BCUT2D eigenvalue weighted by Gasteiger charge is -2.07. The highest BCUT2D eigenvalue weighted by molar-refractivity contribution is 7.89. The van der Waals surface area contributed by atoms with Crippen molar-refractivity contribution in [1.82, 2.24) is 4.72 Å². The highest BCUT2D eigenvalue weighted by Gasteiger charge is 2.12. The Morgan fingerprint density at radius 2 is 1.86 bits per heavy atom. The summed E-state index contributed by atoms with van der Waals surface area (Å²) in [4.78, 5) is 21.8. The van der Waals surface area contributed by atoms with E-state index in [1.807, 2.05) is 0 Å². The van der Waals surface area contributed by atoms with Crippen molar-refractivity contribution in [1.29, 1.82) is 0 Å². The Morgan fingerprint density at radius 3 is 2.41 bits per heavy atom.